The summed E-state index contributed by atoms with van der Waals surface area (Å²) in [7, 11) is 0. The van der Waals surface area contributed by atoms with Crippen LogP contribution in [0.4, 0.5) is 0 Å². The van der Waals surface area contributed by atoms with Gasteiger partial charge in [-0.05, 0) is 148 Å². The number of aliphatic hydroxyl groups is 2. The summed E-state index contributed by atoms with van der Waals surface area (Å²) in [6.45, 7) is 21.3. The number of carbonyl (C=O) groups is 4. The molecule has 570 valence electrons. The van der Waals surface area contributed by atoms with Crippen LogP contribution in [-0.2, 0) is 33.4 Å². The lowest BCUT2D eigenvalue weighted by atomic mass is 9.91. The van der Waals surface area contributed by atoms with Crippen LogP contribution in [0.3, 0.4) is 0 Å². The van der Waals surface area contributed by atoms with Gasteiger partial charge >= 0.3 is 17.9 Å². The first-order chi connectivity index (χ1) is 47.1. The van der Waals surface area contributed by atoms with Gasteiger partial charge in [-0.2, -0.15) is 0 Å². The average molecular weight is 1360 g/mol. The van der Waals surface area contributed by atoms with E-state index in [4.69, 9.17) is 14.2 Å². The van der Waals surface area contributed by atoms with Crippen molar-refractivity contribution >= 4 is 23.8 Å². The summed E-state index contributed by atoms with van der Waals surface area (Å²) in [6.07, 6.45) is 66.0. The van der Waals surface area contributed by atoms with E-state index in [1.54, 1.807) is 0 Å². The van der Waals surface area contributed by atoms with E-state index in [2.05, 4.69) is 56.2 Å². The Kier molecular flexibility index (Phi) is 73.6. The maximum Gasteiger partial charge on any atom is 0.306 e. The van der Waals surface area contributed by atoms with E-state index < -0.39 is 0 Å². The van der Waals surface area contributed by atoms with Gasteiger partial charge in [0.2, 0.25) is 5.91 Å². The molecule has 0 aromatic rings. The number of hydrogen-bond acceptors (Lipinski definition) is 11. The molecule has 12 heteroatoms. The molecule has 3 unspecified atom stereocenters. The highest BCUT2D eigenvalue weighted by Crippen LogP contribution is 2.26. The molecular weight excluding hydrogens is 1190 g/mol. The van der Waals surface area contributed by atoms with E-state index in [1.165, 1.54) is 173 Å². The van der Waals surface area contributed by atoms with E-state index in [9.17, 15) is 29.4 Å². The molecule has 0 aromatic carbocycles. The number of esters is 3. The zero-order valence-electron chi connectivity index (χ0n) is 65.0. The normalized spacial score (nSPS) is 12.6. The maximum absolute atomic E-state index is 14.4. The Bertz CT molecular complexity index is 1640. The minimum Gasteiger partial charge on any atom is -0.466 e. The zero-order valence-corrected chi connectivity index (χ0v) is 65.0. The molecule has 0 saturated heterocycles. The number of unbranched alkanes of at least 4 members (excludes halogenated alkanes) is 41. The SMILES string of the molecule is CCCCCCCCCC(CCCCCCCC)OC(=O)CCCCCCCN(CCO)CCCCCCCC(=O)N(CCCCCCCCC)CC(CCCCCC)CC(CCCCCCCC)OC(=O)CCCCCCCN(CCO)CCCCCC(=O)OCCCCC. The summed E-state index contributed by atoms with van der Waals surface area (Å²) >= 11 is 0. The van der Waals surface area contributed by atoms with Crippen LogP contribution in [0.15, 0.2) is 0 Å². The molecule has 0 rings (SSSR count). The number of rotatable bonds is 79. The molecule has 0 bridgehead atoms. The molecule has 2 N–H and O–H groups in total. The van der Waals surface area contributed by atoms with Crippen molar-refractivity contribution in [3.63, 3.8) is 0 Å². The molecule has 0 heterocycles. The predicted molar refractivity (Wildman–Crippen MR) is 409 cm³/mol. The largest absolute Gasteiger partial charge is 0.466 e. The first-order valence-electron chi connectivity index (χ1n) is 42.6. The van der Waals surface area contributed by atoms with Gasteiger partial charge < -0.3 is 39.1 Å². The molecule has 0 saturated carbocycles. The standard InChI is InChI=1S/C84H165N3O9/c1-7-13-19-24-28-35-46-60-79(59-45-33-26-21-15-9-3)95-83(92)64-49-37-31-40-53-67-85(71-73-88)66-52-39-30-36-48-62-81(90)87(70-56-42-29-25-20-14-8-2)77-78(58-44-23-17-11-5)76-80(61-47-34-27-22-16-10-4)96-84(93)65-50-38-32-41-54-68-86(72-74-89)69-55-43-51-63-82(91)94-75-57-18-12-6/h78-80,88-89H,7-77H2,1-6H3. The van der Waals surface area contributed by atoms with Crippen LogP contribution in [0.25, 0.3) is 0 Å². The first kappa shape index (κ1) is 93.7. The lowest BCUT2D eigenvalue weighted by Crippen LogP contribution is -2.37. The third kappa shape index (κ3) is 65.1. The van der Waals surface area contributed by atoms with E-state index in [0.717, 1.165) is 232 Å². The molecule has 0 fully saturated rings. The Morgan fingerprint density at radius 2 is 0.583 bits per heavy atom. The third-order valence-electron chi connectivity index (χ3n) is 20.2. The first-order valence-corrected chi connectivity index (χ1v) is 42.6. The van der Waals surface area contributed by atoms with Crippen molar-refractivity contribution in [1.82, 2.24) is 14.7 Å². The van der Waals surface area contributed by atoms with Crippen LogP contribution in [0.5, 0.6) is 0 Å². The van der Waals surface area contributed by atoms with E-state index in [1.807, 2.05) is 0 Å². The van der Waals surface area contributed by atoms with Gasteiger partial charge in [0, 0.05) is 51.9 Å². The maximum atomic E-state index is 14.4. The minimum absolute atomic E-state index is 0.00715. The molecule has 0 aliphatic rings. The van der Waals surface area contributed by atoms with Gasteiger partial charge in [0.05, 0.1) is 19.8 Å². The fourth-order valence-corrected chi connectivity index (χ4v) is 13.9. The van der Waals surface area contributed by atoms with Crippen molar-refractivity contribution in [2.45, 2.75) is 439 Å². The second-order valence-corrected chi connectivity index (χ2v) is 29.6. The van der Waals surface area contributed by atoms with Crippen LogP contribution >= 0.6 is 0 Å². The predicted octanol–water partition coefficient (Wildman–Crippen LogP) is 22.9. The van der Waals surface area contributed by atoms with Crippen molar-refractivity contribution in [2.75, 3.05) is 72.2 Å². The highest BCUT2D eigenvalue weighted by atomic mass is 16.5. The van der Waals surface area contributed by atoms with Crippen LogP contribution < -0.4 is 0 Å². The van der Waals surface area contributed by atoms with Gasteiger partial charge in [0.25, 0.3) is 0 Å². The Balaban J connectivity index is 5.37. The average Bonchev–Trinajstić information content (AvgIpc) is 1.93. The fourth-order valence-electron chi connectivity index (χ4n) is 13.9. The molecule has 96 heavy (non-hydrogen) atoms. The fraction of sp³-hybridized carbons (Fsp3) is 0.952. The topological polar surface area (TPSA) is 146 Å². The highest BCUT2D eigenvalue weighted by Gasteiger charge is 2.25. The molecule has 0 aliphatic carbocycles. The van der Waals surface area contributed by atoms with Gasteiger partial charge in [-0.25, -0.2) is 0 Å². The van der Waals surface area contributed by atoms with Crippen LogP contribution in [0.2, 0.25) is 0 Å². The molecule has 0 radical (unpaired) electrons. The number of carbonyl (C=O) groups excluding carboxylic acids is 4. The lowest BCUT2D eigenvalue weighted by Gasteiger charge is -2.31. The summed E-state index contributed by atoms with van der Waals surface area (Å²) in [5, 5.41) is 19.7. The summed E-state index contributed by atoms with van der Waals surface area (Å²) in [5.41, 5.74) is 0. The van der Waals surface area contributed by atoms with Crippen molar-refractivity contribution in [1.29, 1.82) is 0 Å². The Labute approximate surface area is 596 Å². The van der Waals surface area contributed by atoms with Gasteiger partial charge in [-0.15, -0.1) is 0 Å². The molecule has 0 aromatic heterocycles. The summed E-state index contributed by atoms with van der Waals surface area (Å²) in [4.78, 5) is 60.2. The Morgan fingerprint density at radius 3 is 0.990 bits per heavy atom. The molecule has 12 nitrogen and oxygen atoms in total. The smallest absolute Gasteiger partial charge is 0.306 e. The second kappa shape index (κ2) is 75.4. The summed E-state index contributed by atoms with van der Waals surface area (Å²) in [6, 6.07) is 0. The second-order valence-electron chi connectivity index (χ2n) is 29.6. The molecule has 3 atom stereocenters. The Morgan fingerprint density at radius 1 is 0.292 bits per heavy atom. The number of aliphatic hydroxyl groups excluding tert-OH is 2. The number of nitrogens with zero attached hydrogens (tertiary/aromatic N) is 3. The van der Waals surface area contributed by atoms with E-state index in [0.29, 0.717) is 50.7 Å². The van der Waals surface area contributed by atoms with Crippen LogP contribution in [-0.4, -0.2) is 133 Å². The lowest BCUT2D eigenvalue weighted by molar-refractivity contribution is -0.151. The number of ether oxygens (including phenoxy) is 3. The monoisotopic (exact) mass is 1360 g/mol. The summed E-state index contributed by atoms with van der Waals surface area (Å²) in [5.74, 6) is 0.489. The molecule has 1 amide bonds. The van der Waals surface area contributed by atoms with Gasteiger partial charge in [0.1, 0.15) is 12.2 Å². The quantitative estimate of drug-likeness (QED) is 0.0341. The van der Waals surface area contributed by atoms with Crippen molar-refractivity contribution in [3.8, 4) is 0 Å². The van der Waals surface area contributed by atoms with Gasteiger partial charge in [0.15, 0.2) is 0 Å². The van der Waals surface area contributed by atoms with E-state index >= 15 is 0 Å². The number of amides is 1. The van der Waals surface area contributed by atoms with Gasteiger partial charge in [-0.1, -0.05) is 286 Å². The van der Waals surface area contributed by atoms with Crippen molar-refractivity contribution < 1.29 is 43.6 Å². The molecule has 0 spiro atoms. The van der Waals surface area contributed by atoms with Gasteiger partial charge in [-0.3, -0.25) is 19.2 Å². The van der Waals surface area contributed by atoms with Crippen LogP contribution in [0, 0.1) is 5.92 Å². The van der Waals surface area contributed by atoms with Crippen molar-refractivity contribution in [2.24, 2.45) is 5.92 Å². The van der Waals surface area contributed by atoms with Crippen molar-refractivity contribution in [3.05, 3.63) is 0 Å². The van der Waals surface area contributed by atoms with Crippen LogP contribution in [0.1, 0.15) is 427 Å². The Hall–Kier alpha value is -2.28. The zero-order chi connectivity index (χ0) is 70.1. The highest BCUT2D eigenvalue weighted by molar-refractivity contribution is 5.76. The third-order valence-corrected chi connectivity index (χ3v) is 20.2. The molecule has 0 aliphatic heterocycles. The molecular formula is C84H165N3O9. The van der Waals surface area contributed by atoms with E-state index in [-0.39, 0.29) is 43.3 Å². The minimum atomic E-state index is -0.110. The number of hydrogen-bond donors (Lipinski definition) is 2. The summed E-state index contributed by atoms with van der Waals surface area (Å²) < 4.78 is 18.0.